The number of benzene rings is 3. The van der Waals surface area contributed by atoms with Crippen molar-refractivity contribution in [2.45, 2.75) is 37.8 Å². The van der Waals surface area contributed by atoms with Crippen molar-refractivity contribution in [3.63, 3.8) is 0 Å². The molecule has 0 aromatic heterocycles. The van der Waals surface area contributed by atoms with Gasteiger partial charge in [0.25, 0.3) is 0 Å². The lowest BCUT2D eigenvalue weighted by molar-refractivity contribution is -0.145. The van der Waals surface area contributed by atoms with Crippen LogP contribution in [0.3, 0.4) is 0 Å². The highest BCUT2D eigenvalue weighted by atomic mass is 32.2. The van der Waals surface area contributed by atoms with Gasteiger partial charge in [-0.05, 0) is 73.9 Å². The van der Waals surface area contributed by atoms with Crippen LogP contribution in [0.5, 0.6) is 11.5 Å². The molecule has 0 fully saturated rings. The molecule has 0 bridgehead atoms. The van der Waals surface area contributed by atoms with E-state index in [1.807, 2.05) is 50.2 Å². The third-order valence-electron chi connectivity index (χ3n) is 4.85. The predicted molar refractivity (Wildman–Crippen MR) is 138 cm³/mol. The zero-order valence-corrected chi connectivity index (χ0v) is 20.7. The van der Waals surface area contributed by atoms with Gasteiger partial charge in [-0.25, -0.2) is 4.79 Å². The third kappa shape index (κ3) is 8.20. The molecule has 3 aromatic rings. The first-order chi connectivity index (χ1) is 16.6. The van der Waals surface area contributed by atoms with Crippen molar-refractivity contribution in [3.8, 4) is 23.3 Å². The number of carbonyl (C=O) groups excluding carboxylic acids is 1. The van der Waals surface area contributed by atoms with Crippen molar-refractivity contribution in [3.05, 3.63) is 89.0 Å². The summed E-state index contributed by atoms with van der Waals surface area (Å²) in [5.41, 5.74) is 4.29. The van der Waals surface area contributed by atoms with Gasteiger partial charge in [-0.15, -0.1) is 11.8 Å². The standard InChI is InChI=1S/C29H30O4S/c1-4-31-26-18-24(13-9-12-23-10-7-6-8-11-23)17-25(19-26)21-34-27-14-15-28(22(3)16-27)33-20-29(30)32-5-2/h6-8,10-11,14-19H,4-5,12,20-21H2,1-3H3. The van der Waals surface area contributed by atoms with E-state index < -0.39 is 0 Å². The number of thioether (sulfide) groups is 1. The van der Waals surface area contributed by atoms with E-state index in [0.717, 1.165) is 33.1 Å². The van der Waals surface area contributed by atoms with E-state index in [1.54, 1.807) is 18.7 Å². The average molecular weight is 475 g/mol. The quantitative estimate of drug-likeness (QED) is 0.198. The van der Waals surface area contributed by atoms with Crippen LogP contribution in [0.25, 0.3) is 0 Å². The molecule has 0 amide bonds. The van der Waals surface area contributed by atoms with E-state index in [4.69, 9.17) is 14.2 Å². The molecule has 5 heteroatoms. The highest BCUT2D eigenvalue weighted by Gasteiger charge is 2.08. The smallest absolute Gasteiger partial charge is 0.344 e. The monoisotopic (exact) mass is 474 g/mol. The van der Waals surface area contributed by atoms with E-state index >= 15 is 0 Å². The number of hydrogen-bond donors (Lipinski definition) is 0. The molecule has 0 aliphatic carbocycles. The summed E-state index contributed by atoms with van der Waals surface area (Å²) < 4.78 is 16.3. The molecular weight excluding hydrogens is 444 g/mol. The SMILES string of the molecule is CCOC(=O)COc1ccc(SCc2cc(C#CCc3ccccc3)cc(OCC)c2)cc1C. The van der Waals surface area contributed by atoms with Gasteiger partial charge >= 0.3 is 5.97 Å². The van der Waals surface area contributed by atoms with E-state index in [-0.39, 0.29) is 12.6 Å². The summed E-state index contributed by atoms with van der Waals surface area (Å²) in [6.07, 6.45) is 0.716. The summed E-state index contributed by atoms with van der Waals surface area (Å²) in [7, 11) is 0. The van der Waals surface area contributed by atoms with Crippen LogP contribution in [0, 0.1) is 18.8 Å². The van der Waals surface area contributed by atoms with Gasteiger partial charge in [0.1, 0.15) is 11.5 Å². The van der Waals surface area contributed by atoms with Gasteiger partial charge in [0.2, 0.25) is 0 Å². The molecule has 0 unspecified atom stereocenters. The Balaban J connectivity index is 1.65. The molecule has 0 heterocycles. The lowest BCUT2D eigenvalue weighted by atomic mass is 10.1. The minimum Gasteiger partial charge on any atom is -0.494 e. The van der Waals surface area contributed by atoms with Gasteiger partial charge in [0.05, 0.1) is 13.2 Å². The van der Waals surface area contributed by atoms with Gasteiger partial charge < -0.3 is 14.2 Å². The van der Waals surface area contributed by atoms with E-state index in [2.05, 4.69) is 42.2 Å². The van der Waals surface area contributed by atoms with Crippen molar-refractivity contribution in [1.29, 1.82) is 0 Å². The Labute approximate surface area is 206 Å². The number of aryl methyl sites for hydroxylation is 1. The molecule has 0 saturated heterocycles. The van der Waals surface area contributed by atoms with Crippen molar-refractivity contribution >= 4 is 17.7 Å². The lowest BCUT2D eigenvalue weighted by Gasteiger charge is -2.11. The maximum absolute atomic E-state index is 11.5. The number of rotatable bonds is 10. The molecule has 0 aliphatic rings. The Kier molecular flexibility index (Phi) is 9.94. The summed E-state index contributed by atoms with van der Waals surface area (Å²) in [6.45, 7) is 6.61. The van der Waals surface area contributed by atoms with Crippen molar-refractivity contribution < 1.29 is 19.0 Å². The maximum atomic E-state index is 11.5. The number of carbonyl (C=O) groups is 1. The van der Waals surface area contributed by atoms with E-state index in [0.29, 0.717) is 25.4 Å². The van der Waals surface area contributed by atoms with Gasteiger partial charge in [-0.1, -0.05) is 42.2 Å². The van der Waals surface area contributed by atoms with Crippen LogP contribution in [0.2, 0.25) is 0 Å². The molecule has 0 radical (unpaired) electrons. The van der Waals surface area contributed by atoms with Crippen LogP contribution in [0.4, 0.5) is 0 Å². The van der Waals surface area contributed by atoms with Crippen molar-refractivity contribution in [2.75, 3.05) is 19.8 Å². The second-order valence-corrected chi connectivity index (χ2v) is 8.62. The second kappa shape index (κ2) is 13.4. The molecule has 4 nitrogen and oxygen atoms in total. The summed E-state index contributed by atoms with van der Waals surface area (Å²) >= 11 is 1.73. The summed E-state index contributed by atoms with van der Waals surface area (Å²) in [5, 5.41) is 0. The Morgan fingerprint density at radius 1 is 0.912 bits per heavy atom. The van der Waals surface area contributed by atoms with Crippen LogP contribution in [-0.4, -0.2) is 25.8 Å². The van der Waals surface area contributed by atoms with Crippen LogP contribution < -0.4 is 9.47 Å². The average Bonchev–Trinajstić information content (AvgIpc) is 2.83. The fourth-order valence-corrected chi connectivity index (χ4v) is 4.21. The number of ether oxygens (including phenoxy) is 3. The summed E-state index contributed by atoms with van der Waals surface area (Å²) in [5.74, 6) is 8.50. The predicted octanol–water partition coefficient (Wildman–Crippen LogP) is 6.22. The van der Waals surface area contributed by atoms with Crippen LogP contribution in [0.15, 0.2) is 71.6 Å². The van der Waals surface area contributed by atoms with Gasteiger partial charge in [-0.3, -0.25) is 0 Å². The highest BCUT2D eigenvalue weighted by Crippen LogP contribution is 2.29. The zero-order valence-electron chi connectivity index (χ0n) is 19.9. The number of esters is 1. The molecular formula is C29H30O4S. The molecule has 0 spiro atoms. The molecule has 176 valence electrons. The maximum Gasteiger partial charge on any atom is 0.344 e. The first kappa shape index (κ1) is 25.3. The first-order valence-electron chi connectivity index (χ1n) is 11.4. The molecule has 3 aromatic carbocycles. The largest absolute Gasteiger partial charge is 0.494 e. The van der Waals surface area contributed by atoms with Gasteiger partial charge in [0, 0.05) is 22.6 Å². The van der Waals surface area contributed by atoms with Crippen molar-refractivity contribution in [2.24, 2.45) is 0 Å². The molecule has 0 N–H and O–H groups in total. The third-order valence-corrected chi connectivity index (χ3v) is 5.91. The molecule has 3 rings (SSSR count). The minimum absolute atomic E-state index is 0.0839. The summed E-state index contributed by atoms with van der Waals surface area (Å²) in [6, 6.07) is 22.4. The Bertz CT molecular complexity index is 1150. The minimum atomic E-state index is -0.364. The van der Waals surface area contributed by atoms with E-state index in [9.17, 15) is 4.79 Å². The molecule has 34 heavy (non-hydrogen) atoms. The topological polar surface area (TPSA) is 44.8 Å². The zero-order chi connectivity index (χ0) is 24.2. The normalized spacial score (nSPS) is 10.2. The summed E-state index contributed by atoms with van der Waals surface area (Å²) in [4.78, 5) is 12.6. The molecule has 0 saturated carbocycles. The number of hydrogen-bond acceptors (Lipinski definition) is 5. The Morgan fingerprint density at radius 3 is 2.47 bits per heavy atom. The molecule has 0 atom stereocenters. The van der Waals surface area contributed by atoms with Gasteiger partial charge in [0.15, 0.2) is 6.61 Å². The fraction of sp³-hybridized carbons (Fsp3) is 0.276. The second-order valence-electron chi connectivity index (χ2n) is 7.57. The van der Waals surface area contributed by atoms with Crippen LogP contribution in [0.1, 0.15) is 36.1 Å². The Morgan fingerprint density at radius 2 is 1.74 bits per heavy atom. The van der Waals surface area contributed by atoms with Crippen molar-refractivity contribution in [1.82, 2.24) is 0 Å². The highest BCUT2D eigenvalue weighted by molar-refractivity contribution is 7.98. The first-order valence-corrected chi connectivity index (χ1v) is 12.4. The fourth-order valence-electron chi connectivity index (χ4n) is 3.29. The van der Waals surface area contributed by atoms with Gasteiger partial charge in [-0.2, -0.15) is 0 Å². The lowest BCUT2D eigenvalue weighted by Crippen LogP contribution is -2.14. The van der Waals surface area contributed by atoms with Crippen LogP contribution in [-0.2, 0) is 21.7 Å². The Hall–Kier alpha value is -3.36. The van der Waals surface area contributed by atoms with E-state index in [1.165, 1.54) is 5.56 Å². The molecule has 0 aliphatic heterocycles. The van der Waals surface area contributed by atoms with Crippen LogP contribution >= 0.6 is 11.8 Å².